The molecule has 0 spiro atoms. The molecule has 0 unspecified atom stereocenters. The molecule has 0 atom stereocenters. The molecule has 1 aromatic heterocycles. The average Bonchev–Trinajstić information content (AvgIpc) is 2.44. The fourth-order valence-corrected chi connectivity index (χ4v) is 1.45. The summed E-state index contributed by atoms with van der Waals surface area (Å²) < 4.78 is 12.8. The minimum absolute atomic E-state index is 0.149. The van der Waals surface area contributed by atoms with Crippen LogP contribution in [0.5, 0.6) is 0 Å². The van der Waals surface area contributed by atoms with E-state index >= 15 is 0 Å². The molecule has 1 amide bonds. The van der Waals surface area contributed by atoms with E-state index < -0.39 is 5.91 Å². The molecule has 14 heavy (non-hydrogen) atoms. The highest BCUT2D eigenvalue weighted by atomic mass is 19.1. The van der Waals surface area contributed by atoms with Crippen molar-refractivity contribution >= 4 is 16.8 Å². The summed E-state index contributed by atoms with van der Waals surface area (Å²) in [4.78, 5) is 13.6. The predicted molar refractivity (Wildman–Crippen MR) is 51.2 cm³/mol. The topological polar surface area (TPSA) is 58.9 Å². The number of aromatic amines is 1. The molecule has 0 fully saturated rings. The summed E-state index contributed by atoms with van der Waals surface area (Å²) in [5.74, 6) is -0.695. The lowest BCUT2D eigenvalue weighted by Gasteiger charge is -1.89. The van der Waals surface area contributed by atoms with E-state index in [1.54, 1.807) is 12.1 Å². The van der Waals surface area contributed by atoms with E-state index in [0.717, 1.165) is 10.9 Å². The number of benzene rings is 1. The van der Waals surface area contributed by atoms with Gasteiger partial charge in [-0.3, -0.25) is 4.79 Å². The zero-order valence-corrected chi connectivity index (χ0v) is 7.38. The number of aromatic nitrogens is 1. The molecule has 0 aliphatic heterocycles. The van der Waals surface area contributed by atoms with Crippen molar-refractivity contribution in [2.45, 2.75) is 6.42 Å². The van der Waals surface area contributed by atoms with Crippen LogP contribution < -0.4 is 5.73 Å². The average molecular weight is 192 g/mol. The summed E-state index contributed by atoms with van der Waals surface area (Å²) in [6.07, 6.45) is 0.149. The van der Waals surface area contributed by atoms with E-state index in [2.05, 4.69) is 4.98 Å². The fraction of sp³-hybridized carbons (Fsp3) is 0.100. The van der Waals surface area contributed by atoms with Crippen LogP contribution in [-0.4, -0.2) is 10.9 Å². The molecule has 3 N–H and O–H groups in total. The molecule has 0 radical (unpaired) electrons. The number of nitrogens with one attached hydrogen (secondary N) is 1. The van der Waals surface area contributed by atoms with Gasteiger partial charge in [0.15, 0.2) is 0 Å². The minimum atomic E-state index is -0.406. The minimum Gasteiger partial charge on any atom is -0.369 e. The van der Waals surface area contributed by atoms with Gasteiger partial charge < -0.3 is 10.7 Å². The number of fused-ring (bicyclic) bond motifs is 1. The summed E-state index contributed by atoms with van der Waals surface area (Å²) in [6, 6.07) is 6.14. The van der Waals surface area contributed by atoms with Crippen LogP contribution >= 0.6 is 0 Å². The van der Waals surface area contributed by atoms with Gasteiger partial charge >= 0.3 is 0 Å². The highest BCUT2D eigenvalue weighted by Gasteiger charge is 2.03. The van der Waals surface area contributed by atoms with Crippen LogP contribution in [0.2, 0.25) is 0 Å². The van der Waals surface area contributed by atoms with Gasteiger partial charge in [0.05, 0.1) is 6.42 Å². The summed E-state index contributed by atoms with van der Waals surface area (Å²) in [5, 5.41) is 0.751. The van der Waals surface area contributed by atoms with E-state index in [1.807, 2.05) is 0 Å². The number of rotatable bonds is 2. The second-order valence-electron chi connectivity index (χ2n) is 3.17. The number of primary amides is 1. The zero-order chi connectivity index (χ0) is 10.1. The molecular weight excluding hydrogens is 183 g/mol. The second kappa shape index (κ2) is 3.14. The molecule has 72 valence electrons. The van der Waals surface area contributed by atoms with Gasteiger partial charge in [0.25, 0.3) is 0 Å². The lowest BCUT2D eigenvalue weighted by molar-refractivity contribution is -0.117. The van der Waals surface area contributed by atoms with Crippen molar-refractivity contribution in [3.8, 4) is 0 Å². The number of hydrogen-bond donors (Lipinski definition) is 2. The van der Waals surface area contributed by atoms with Crippen molar-refractivity contribution in [2.75, 3.05) is 0 Å². The number of nitrogens with two attached hydrogens (primary N) is 1. The molecule has 1 aromatic carbocycles. The van der Waals surface area contributed by atoms with Crippen LogP contribution in [0.25, 0.3) is 10.9 Å². The number of halogens is 1. The first-order valence-corrected chi connectivity index (χ1v) is 4.20. The normalized spacial score (nSPS) is 10.6. The Balaban J connectivity index is 2.46. The molecule has 0 bridgehead atoms. The van der Waals surface area contributed by atoms with Crippen molar-refractivity contribution in [1.29, 1.82) is 0 Å². The van der Waals surface area contributed by atoms with E-state index in [4.69, 9.17) is 5.73 Å². The lowest BCUT2D eigenvalue weighted by Crippen LogP contribution is -2.13. The molecule has 2 rings (SSSR count). The number of carbonyl (C=O) groups excluding carboxylic acids is 1. The Morgan fingerprint density at radius 2 is 2.21 bits per heavy atom. The van der Waals surface area contributed by atoms with E-state index in [0.29, 0.717) is 5.69 Å². The first kappa shape index (κ1) is 8.74. The van der Waals surface area contributed by atoms with Crippen molar-refractivity contribution in [1.82, 2.24) is 4.98 Å². The summed E-state index contributed by atoms with van der Waals surface area (Å²) in [5.41, 5.74) is 6.56. The third-order valence-electron chi connectivity index (χ3n) is 2.00. The standard InChI is InChI=1S/C10H9FN2O/c11-7-1-2-9-6(3-7)4-8(13-9)5-10(12)14/h1-4,13H,5H2,(H2,12,14). The summed E-state index contributed by atoms with van der Waals surface area (Å²) in [7, 11) is 0. The van der Waals surface area contributed by atoms with Gasteiger partial charge in [0, 0.05) is 16.6 Å². The van der Waals surface area contributed by atoms with Gasteiger partial charge in [-0.05, 0) is 24.3 Å². The van der Waals surface area contributed by atoms with Gasteiger partial charge in [-0.15, -0.1) is 0 Å². The summed E-state index contributed by atoms with van der Waals surface area (Å²) in [6.45, 7) is 0. The van der Waals surface area contributed by atoms with Crippen LogP contribution in [0.4, 0.5) is 4.39 Å². The highest BCUT2D eigenvalue weighted by Crippen LogP contribution is 2.16. The predicted octanol–water partition coefficient (Wildman–Crippen LogP) is 1.33. The van der Waals surface area contributed by atoms with E-state index in [9.17, 15) is 9.18 Å². The highest BCUT2D eigenvalue weighted by molar-refractivity contribution is 5.83. The van der Waals surface area contributed by atoms with Crippen molar-refractivity contribution in [2.24, 2.45) is 5.73 Å². The molecular formula is C10H9FN2O. The lowest BCUT2D eigenvalue weighted by atomic mass is 10.2. The fourth-order valence-electron chi connectivity index (χ4n) is 1.45. The molecule has 0 aliphatic carbocycles. The van der Waals surface area contributed by atoms with Crippen LogP contribution in [0, 0.1) is 5.82 Å². The van der Waals surface area contributed by atoms with Gasteiger partial charge in [0.2, 0.25) is 5.91 Å². The van der Waals surface area contributed by atoms with Crippen LogP contribution in [0.15, 0.2) is 24.3 Å². The Bertz CT molecular complexity index is 490. The first-order chi connectivity index (χ1) is 6.65. The zero-order valence-electron chi connectivity index (χ0n) is 7.38. The van der Waals surface area contributed by atoms with Crippen LogP contribution in [-0.2, 0) is 11.2 Å². The Morgan fingerprint density at radius 1 is 1.43 bits per heavy atom. The first-order valence-electron chi connectivity index (χ1n) is 4.20. The number of H-pyrrole nitrogens is 1. The van der Waals surface area contributed by atoms with Crippen molar-refractivity contribution < 1.29 is 9.18 Å². The van der Waals surface area contributed by atoms with Gasteiger partial charge in [0.1, 0.15) is 5.82 Å². The van der Waals surface area contributed by atoms with E-state index in [1.165, 1.54) is 12.1 Å². The maximum atomic E-state index is 12.8. The van der Waals surface area contributed by atoms with Gasteiger partial charge in [-0.1, -0.05) is 0 Å². The number of carbonyl (C=O) groups is 1. The third kappa shape index (κ3) is 1.59. The Labute approximate surface area is 79.7 Å². The Morgan fingerprint density at radius 3 is 2.93 bits per heavy atom. The molecule has 0 aliphatic rings. The van der Waals surface area contributed by atoms with Crippen molar-refractivity contribution in [3.63, 3.8) is 0 Å². The second-order valence-corrected chi connectivity index (χ2v) is 3.17. The molecule has 2 aromatic rings. The monoisotopic (exact) mass is 192 g/mol. The summed E-state index contributed by atoms with van der Waals surface area (Å²) >= 11 is 0. The van der Waals surface area contributed by atoms with Gasteiger partial charge in [-0.25, -0.2) is 4.39 Å². The van der Waals surface area contributed by atoms with E-state index in [-0.39, 0.29) is 12.2 Å². The smallest absolute Gasteiger partial charge is 0.223 e. The largest absolute Gasteiger partial charge is 0.369 e. The third-order valence-corrected chi connectivity index (χ3v) is 2.00. The molecule has 0 saturated carbocycles. The molecule has 0 saturated heterocycles. The van der Waals surface area contributed by atoms with Crippen LogP contribution in [0.1, 0.15) is 5.69 Å². The molecule has 3 nitrogen and oxygen atoms in total. The molecule has 4 heteroatoms. The quantitative estimate of drug-likeness (QED) is 0.741. The maximum Gasteiger partial charge on any atom is 0.223 e. The Hall–Kier alpha value is -1.84. The van der Waals surface area contributed by atoms with Crippen LogP contribution in [0.3, 0.4) is 0 Å². The van der Waals surface area contributed by atoms with Crippen molar-refractivity contribution in [3.05, 3.63) is 35.8 Å². The van der Waals surface area contributed by atoms with Gasteiger partial charge in [-0.2, -0.15) is 0 Å². The maximum absolute atomic E-state index is 12.8. The number of hydrogen-bond acceptors (Lipinski definition) is 1. The number of amides is 1. The SMILES string of the molecule is NC(=O)Cc1cc2cc(F)ccc2[nH]1. The Kier molecular flexibility index (Phi) is 1.96. The molecule has 1 heterocycles.